The van der Waals surface area contributed by atoms with Gasteiger partial charge in [0.15, 0.2) is 0 Å². The maximum atomic E-state index is 13.5. The molecule has 0 spiro atoms. The molecule has 10 heteroatoms. The van der Waals surface area contributed by atoms with Gasteiger partial charge in [0, 0.05) is 30.6 Å². The quantitative estimate of drug-likeness (QED) is 0.510. The van der Waals surface area contributed by atoms with Gasteiger partial charge in [-0.1, -0.05) is 62.1 Å². The predicted molar refractivity (Wildman–Crippen MR) is 140 cm³/mol. The van der Waals surface area contributed by atoms with Gasteiger partial charge in [-0.15, -0.1) is 0 Å². The van der Waals surface area contributed by atoms with E-state index in [1.807, 2.05) is 6.92 Å². The molecule has 0 aromatic heterocycles. The van der Waals surface area contributed by atoms with E-state index < -0.39 is 27.9 Å². The van der Waals surface area contributed by atoms with E-state index in [-0.39, 0.29) is 41.9 Å². The van der Waals surface area contributed by atoms with E-state index >= 15 is 0 Å². The molecule has 8 nitrogen and oxygen atoms in total. The van der Waals surface area contributed by atoms with E-state index in [0.717, 1.165) is 42.0 Å². The summed E-state index contributed by atoms with van der Waals surface area (Å²) in [5.41, 5.74) is 0.894. The second-order valence-corrected chi connectivity index (χ2v) is 11.8. The largest absolute Gasteiger partial charge is 0.352 e. The third-order valence-corrected chi connectivity index (χ3v) is 9.14. The first-order valence-corrected chi connectivity index (χ1v) is 14.5. The normalized spacial score (nSPS) is 17.8. The molecule has 4 rings (SSSR count). The predicted octanol–water partition coefficient (Wildman–Crippen LogP) is 4.13. The third-order valence-electron chi connectivity index (χ3n) is 7.04. The van der Waals surface area contributed by atoms with Gasteiger partial charge in [0.1, 0.15) is 10.9 Å². The topological polar surface area (TPSA) is 104 Å². The second-order valence-electron chi connectivity index (χ2n) is 9.54. The van der Waals surface area contributed by atoms with Gasteiger partial charge in [-0.25, -0.2) is 12.7 Å². The van der Waals surface area contributed by atoms with Gasteiger partial charge in [0.25, 0.3) is 15.9 Å². The van der Waals surface area contributed by atoms with Crippen LogP contribution in [0.25, 0.3) is 0 Å². The Kier molecular flexibility index (Phi) is 8.54. The Balaban J connectivity index is 1.52. The summed E-state index contributed by atoms with van der Waals surface area (Å²) in [5, 5.41) is 3.67. The fraction of sp³-hybridized carbons (Fsp3) is 0.444. The van der Waals surface area contributed by atoms with Gasteiger partial charge in [0.05, 0.1) is 5.56 Å². The van der Waals surface area contributed by atoms with E-state index in [1.165, 1.54) is 17.0 Å². The molecule has 0 unspecified atom stereocenters. The van der Waals surface area contributed by atoms with Crippen molar-refractivity contribution in [3.63, 3.8) is 0 Å². The zero-order chi connectivity index (χ0) is 26.6. The summed E-state index contributed by atoms with van der Waals surface area (Å²) in [7, 11) is -4.02. The van der Waals surface area contributed by atoms with E-state index in [0.29, 0.717) is 11.4 Å². The lowest BCUT2D eigenvalue weighted by Gasteiger charge is -2.33. The van der Waals surface area contributed by atoms with E-state index in [2.05, 4.69) is 5.32 Å². The molecule has 3 amide bonds. The highest BCUT2D eigenvalue weighted by Crippen LogP contribution is 2.30. The Morgan fingerprint density at radius 3 is 2.41 bits per heavy atom. The number of sulfonamides is 1. The zero-order valence-corrected chi connectivity index (χ0v) is 22.4. The molecule has 37 heavy (non-hydrogen) atoms. The Morgan fingerprint density at radius 2 is 1.76 bits per heavy atom. The molecule has 1 N–H and O–H groups in total. The van der Waals surface area contributed by atoms with Crippen molar-refractivity contribution in [2.75, 3.05) is 6.54 Å². The number of carbonyl (C=O) groups excluding carboxylic acids is 3. The third kappa shape index (κ3) is 5.99. The van der Waals surface area contributed by atoms with Crippen LogP contribution in [0.4, 0.5) is 0 Å². The summed E-state index contributed by atoms with van der Waals surface area (Å²) in [5.74, 6) is -1.26. The molecule has 2 aromatic carbocycles. The van der Waals surface area contributed by atoms with E-state index in [9.17, 15) is 22.8 Å². The van der Waals surface area contributed by atoms with Gasteiger partial charge >= 0.3 is 0 Å². The molecule has 1 saturated carbocycles. The SMILES string of the molecule is CC[C@@H](C(=O)NC1CCCCC1)N(Cc1ccc(Cl)cc1)C(=O)CCN1C(=O)c2ccccc2S1(=O)=O. The van der Waals surface area contributed by atoms with Gasteiger partial charge < -0.3 is 10.2 Å². The maximum Gasteiger partial charge on any atom is 0.269 e. The van der Waals surface area contributed by atoms with Crippen LogP contribution < -0.4 is 5.32 Å². The zero-order valence-electron chi connectivity index (χ0n) is 20.9. The number of nitrogens with one attached hydrogen (secondary N) is 1. The van der Waals surface area contributed by atoms with Crippen LogP contribution in [-0.2, 0) is 26.2 Å². The van der Waals surface area contributed by atoms with Crippen LogP contribution in [-0.4, -0.2) is 54.0 Å². The lowest BCUT2D eigenvalue weighted by atomic mass is 9.95. The van der Waals surface area contributed by atoms with Crippen molar-refractivity contribution in [1.29, 1.82) is 0 Å². The molecule has 1 atom stereocenters. The van der Waals surface area contributed by atoms with Crippen LogP contribution in [0.15, 0.2) is 53.4 Å². The average Bonchev–Trinajstić information content (AvgIpc) is 3.09. The summed E-state index contributed by atoms with van der Waals surface area (Å²) >= 11 is 6.02. The van der Waals surface area contributed by atoms with Gasteiger partial charge in [-0.05, 0) is 49.1 Å². The molecule has 1 fully saturated rings. The number of amides is 3. The van der Waals surface area contributed by atoms with Crippen molar-refractivity contribution in [3.05, 3.63) is 64.7 Å². The van der Waals surface area contributed by atoms with E-state index in [4.69, 9.17) is 11.6 Å². The molecular weight excluding hydrogens is 514 g/mol. The van der Waals surface area contributed by atoms with Crippen molar-refractivity contribution in [2.45, 2.75) is 75.4 Å². The number of hydrogen-bond donors (Lipinski definition) is 1. The van der Waals surface area contributed by atoms with Crippen molar-refractivity contribution < 1.29 is 22.8 Å². The molecule has 0 radical (unpaired) electrons. The number of rotatable bonds is 9. The van der Waals surface area contributed by atoms with Gasteiger partial charge in [0.2, 0.25) is 11.8 Å². The van der Waals surface area contributed by atoms with Crippen molar-refractivity contribution in [3.8, 4) is 0 Å². The standard InChI is InChI=1S/C27H32ClN3O5S/c1-2-23(26(33)29-21-8-4-3-5-9-21)30(18-19-12-14-20(28)15-13-19)25(32)16-17-31-27(34)22-10-6-7-11-24(22)37(31,35)36/h6-7,10-15,21,23H,2-5,8-9,16-18H2,1H3,(H,29,33)/t23-/m0/s1. The summed E-state index contributed by atoms with van der Waals surface area (Å²) in [6.45, 7) is 1.71. The molecule has 1 heterocycles. The first kappa shape index (κ1) is 27.1. The van der Waals surface area contributed by atoms with Crippen molar-refractivity contribution in [2.24, 2.45) is 0 Å². The Hall–Kier alpha value is -2.91. The highest BCUT2D eigenvalue weighted by molar-refractivity contribution is 7.90. The fourth-order valence-electron chi connectivity index (χ4n) is 5.04. The molecule has 2 aromatic rings. The smallest absolute Gasteiger partial charge is 0.269 e. The number of halogens is 1. The fourth-order valence-corrected chi connectivity index (χ4v) is 6.74. The van der Waals surface area contributed by atoms with Gasteiger partial charge in [-0.2, -0.15) is 0 Å². The average molecular weight is 546 g/mol. The van der Waals surface area contributed by atoms with Crippen molar-refractivity contribution >= 4 is 39.3 Å². The first-order chi connectivity index (χ1) is 17.7. The summed E-state index contributed by atoms with van der Waals surface area (Å²) in [6.07, 6.45) is 5.29. The number of carbonyl (C=O) groups is 3. The second kappa shape index (κ2) is 11.6. The lowest BCUT2D eigenvalue weighted by molar-refractivity contribution is -0.141. The van der Waals surface area contributed by atoms with Crippen LogP contribution in [0.2, 0.25) is 5.02 Å². The highest BCUT2D eigenvalue weighted by atomic mass is 35.5. The Bertz CT molecular complexity index is 1260. The number of benzene rings is 2. The molecule has 0 saturated heterocycles. The summed E-state index contributed by atoms with van der Waals surface area (Å²) < 4.78 is 26.6. The summed E-state index contributed by atoms with van der Waals surface area (Å²) in [4.78, 5) is 41.1. The Morgan fingerprint density at radius 1 is 1.08 bits per heavy atom. The summed E-state index contributed by atoms with van der Waals surface area (Å²) in [6, 6.07) is 12.4. The van der Waals surface area contributed by atoms with Crippen LogP contribution >= 0.6 is 11.6 Å². The number of nitrogens with zero attached hydrogens (tertiary/aromatic N) is 2. The molecule has 2 aliphatic rings. The molecule has 0 bridgehead atoms. The number of fused-ring (bicyclic) bond motifs is 1. The van der Waals surface area contributed by atoms with Gasteiger partial charge in [-0.3, -0.25) is 14.4 Å². The number of hydrogen-bond acceptors (Lipinski definition) is 5. The van der Waals surface area contributed by atoms with E-state index in [1.54, 1.807) is 36.4 Å². The van der Waals surface area contributed by atoms with Crippen LogP contribution in [0.1, 0.15) is 67.8 Å². The minimum absolute atomic E-state index is 0.0521. The van der Waals surface area contributed by atoms with Crippen LogP contribution in [0.3, 0.4) is 0 Å². The minimum atomic E-state index is -4.02. The Labute approximate surface area is 223 Å². The molecule has 1 aliphatic heterocycles. The lowest BCUT2D eigenvalue weighted by Crippen LogP contribution is -2.52. The molecular formula is C27H32ClN3O5S. The van der Waals surface area contributed by atoms with Crippen LogP contribution in [0.5, 0.6) is 0 Å². The molecule has 198 valence electrons. The molecule has 1 aliphatic carbocycles. The minimum Gasteiger partial charge on any atom is -0.352 e. The van der Waals surface area contributed by atoms with Crippen molar-refractivity contribution in [1.82, 2.24) is 14.5 Å². The monoisotopic (exact) mass is 545 g/mol. The first-order valence-electron chi connectivity index (χ1n) is 12.7. The highest BCUT2D eigenvalue weighted by Gasteiger charge is 2.41. The maximum absolute atomic E-state index is 13.5. The van der Waals surface area contributed by atoms with Crippen LogP contribution in [0, 0.1) is 0 Å².